The molecule has 5 nitrogen and oxygen atoms in total. The van der Waals surface area contributed by atoms with Gasteiger partial charge in [-0.25, -0.2) is 4.98 Å². The SMILES string of the molecule is CSc1ccc2nc(NC(=O)c3ccc4nsnc4c3)sc2c1. The van der Waals surface area contributed by atoms with Crippen molar-refractivity contribution >= 4 is 67.1 Å². The van der Waals surface area contributed by atoms with Crippen LogP contribution in [0.3, 0.4) is 0 Å². The van der Waals surface area contributed by atoms with E-state index in [-0.39, 0.29) is 5.91 Å². The second-order valence-electron chi connectivity index (χ2n) is 4.77. The molecular formula is C15H10N4OS3. The molecule has 0 aliphatic rings. The lowest BCUT2D eigenvalue weighted by atomic mass is 10.2. The Bertz CT molecular complexity index is 1020. The molecule has 0 saturated carbocycles. The summed E-state index contributed by atoms with van der Waals surface area (Å²) in [5, 5.41) is 3.46. The van der Waals surface area contributed by atoms with Crippen molar-refractivity contribution in [2.75, 3.05) is 11.6 Å². The predicted octanol–water partition coefficient (Wildman–Crippen LogP) is 4.28. The van der Waals surface area contributed by atoms with Crippen LogP contribution in [0.15, 0.2) is 41.3 Å². The Balaban J connectivity index is 1.62. The van der Waals surface area contributed by atoms with Crippen LogP contribution in [0.25, 0.3) is 21.3 Å². The molecule has 0 saturated heterocycles. The van der Waals surface area contributed by atoms with Gasteiger partial charge in [-0.15, -0.1) is 11.8 Å². The molecule has 2 aromatic heterocycles. The summed E-state index contributed by atoms with van der Waals surface area (Å²) in [6.45, 7) is 0. The molecule has 2 aromatic carbocycles. The second kappa shape index (κ2) is 5.88. The highest BCUT2D eigenvalue weighted by molar-refractivity contribution is 7.98. The Hall–Kier alpha value is -2.03. The topological polar surface area (TPSA) is 67.8 Å². The Morgan fingerprint density at radius 3 is 2.78 bits per heavy atom. The number of benzene rings is 2. The zero-order chi connectivity index (χ0) is 15.8. The maximum absolute atomic E-state index is 12.4. The fourth-order valence-electron chi connectivity index (χ4n) is 2.18. The van der Waals surface area contributed by atoms with Crippen LogP contribution in [0.2, 0.25) is 0 Å². The summed E-state index contributed by atoms with van der Waals surface area (Å²) in [6, 6.07) is 11.4. The standard InChI is InChI=1S/C15H10N4OS3/c1-21-9-3-5-11-13(7-9)22-15(16-11)17-14(20)8-2-4-10-12(6-8)19-23-18-10/h2-7H,1H3,(H,16,17,20). The molecule has 8 heteroatoms. The number of carbonyl (C=O) groups excluding carboxylic acids is 1. The van der Waals surface area contributed by atoms with E-state index in [9.17, 15) is 4.79 Å². The van der Waals surface area contributed by atoms with E-state index in [0.29, 0.717) is 10.7 Å². The van der Waals surface area contributed by atoms with Crippen LogP contribution in [-0.2, 0) is 0 Å². The molecule has 1 N–H and O–H groups in total. The highest BCUT2D eigenvalue weighted by atomic mass is 32.2. The first-order valence-electron chi connectivity index (χ1n) is 6.71. The Kier molecular flexibility index (Phi) is 3.72. The lowest BCUT2D eigenvalue weighted by Crippen LogP contribution is -2.11. The summed E-state index contributed by atoms with van der Waals surface area (Å²) in [6.07, 6.45) is 2.04. The smallest absolute Gasteiger partial charge is 0.257 e. The van der Waals surface area contributed by atoms with Crippen molar-refractivity contribution in [3.8, 4) is 0 Å². The Morgan fingerprint density at radius 2 is 1.91 bits per heavy atom. The van der Waals surface area contributed by atoms with Crippen molar-refractivity contribution in [1.82, 2.24) is 13.7 Å². The maximum atomic E-state index is 12.4. The summed E-state index contributed by atoms with van der Waals surface area (Å²) in [5.41, 5.74) is 2.98. The largest absolute Gasteiger partial charge is 0.298 e. The van der Waals surface area contributed by atoms with Gasteiger partial charge in [0.05, 0.1) is 21.9 Å². The van der Waals surface area contributed by atoms with E-state index < -0.39 is 0 Å². The van der Waals surface area contributed by atoms with Crippen LogP contribution in [0.4, 0.5) is 5.13 Å². The van der Waals surface area contributed by atoms with Gasteiger partial charge in [-0.05, 0) is 42.7 Å². The third-order valence-corrected chi connectivity index (χ3v) is 5.55. The van der Waals surface area contributed by atoms with E-state index in [1.54, 1.807) is 30.0 Å². The summed E-state index contributed by atoms with van der Waals surface area (Å²) < 4.78 is 9.35. The summed E-state index contributed by atoms with van der Waals surface area (Å²) in [5.74, 6) is -0.191. The average Bonchev–Trinajstić information content (AvgIpc) is 3.18. The molecule has 0 unspecified atom stereocenters. The second-order valence-corrected chi connectivity index (χ2v) is 7.21. The number of aromatic nitrogens is 3. The van der Waals surface area contributed by atoms with Crippen LogP contribution in [0.1, 0.15) is 10.4 Å². The minimum atomic E-state index is -0.191. The quantitative estimate of drug-likeness (QED) is 0.554. The first-order valence-corrected chi connectivity index (χ1v) is 9.48. The van der Waals surface area contributed by atoms with E-state index in [4.69, 9.17) is 0 Å². The minimum absolute atomic E-state index is 0.191. The Morgan fingerprint density at radius 1 is 1.09 bits per heavy atom. The predicted molar refractivity (Wildman–Crippen MR) is 96.8 cm³/mol. The molecule has 0 aliphatic carbocycles. The molecule has 4 rings (SSSR count). The Labute approximate surface area is 144 Å². The first-order chi connectivity index (χ1) is 11.2. The van der Waals surface area contributed by atoms with Crippen molar-refractivity contribution in [3.63, 3.8) is 0 Å². The lowest BCUT2D eigenvalue weighted by molar-refractivity contribution is 0.102. The molecule has 0 aliphatic heterocycles. The van der Waals surface area contributed by atoms with Gasteiger partial charge in [0.25, 0.3) is 5.91 Å². The molecule has 4 aromatic rings. The van der Waals surface area contributed by atoms with Crippen LogP contribution >= 0.6 is 34.8 Å². The number of nitrogens with one attached hydrogen (secondary N) is 1. The van der Waals surface area contributed by atoms with Gasteiger partial charge < -0.3 is 0 Å². The molecular weight excluding hydrogens is 348 g/mol. The zero-order valence-corrected chi connectivity index (χ0v) is 14.4. The van der Waals surface area contributed by atoms with Crippen molar-refractivity contribution < 1.29 is 4.79 Å². The minimum Gasteiger partial charge on any atom is -0.298 e. The van der Waals surface area contributed by atoms with E-state index >= 15 is 0 Å². The summed E-state index contributed by atoms with van der Waals surface area (Å²) in [4.78, 5) is 18.0. The van der Waals surface area contributed by atoms with Crippen molar-refractivity contribution in [1.29, 1.82) is 0 Å². The van der Waals surface area contributed by atoms with Gasteiger partial charge in [0.2, 0.25) is 0 Å². The first kappa shape index (κ1) is 14.6. The summed E-state index contributed by atoms with van der Waals surface area (Å²) >= 11 is 4.30. The molecule has 1 amide bonds. The third-order valence-electron chi connectivity index (χ3n) is 3.33. The van der Waals surface area contributed by atoms with Gasteiger partial charge in [-0.1, -0.05) is 11.3 Å². The van der Waals surface area contributed by atoms with Crippen LogP contribution in [-0.4, -0.2) is 25.9 Å². The fourth-order valence-corrected chi connectivity index (χ4v) is 4.11. The van der Waals surface area contributed by atoms with Crippen LogP contribution < -0.4 is 5.32 Å². The van der Waals surface area contributed by atoms with E-state index in [2.05, 4.69) is 25.1 Å². The number of anilines is 1. The van der Waals surface area contributed by atoms with Crippen molar-refractivity contribution in [2.45, 2.75) is 4.90 Å². The normalized spacial score (nSPS) is 11.2. The number of amides is 1. The average molecular weight is 358 g/mol. The molecule has 0 fully saturated rings. The van der Waals surface area contributed by atoms with Gasteiger partial charge >= 0.3 is 0 Å². The molecule has 0 spiro atoms. The molecule has 0 atom stereocenters. The number of thioether (sulfide) groups is 1. The monoisotopic (exact) mass is 358 g/mol. The zero-order valence-electron chi connectivity index (χ0n) is 11.9. The van der Waals surface area contributed by atoms with Crippen LogP contribution in [0, 0.1) is 0 Å². The number of fused-ring (bicyclic) bond motifs is 2. The van der Waals surface area contributed by atoms with E-state index in [1.165, 1.54) is 16.2 Å². The number of rotatable bonds is 3. The third kappa shape index (κ3) is 2.80. The van der Waals surface area contributed by atoms with Crippen molar-refractivity contribution in [2.24, 2.45) is 0 Å². The highest BCUT2D eigenvalue weighted by Crippen LogP contribution is 2.29. The fraction of sp³-hybridized carbons (Fsp3) is 0.0667. The van der Waals surface area contributed by atoms with E-state index in [1.807, 2.05) is 18.4 Å². The number of thiazole rings is 1. The van der Waals surface area contributed by atoms with Crippen molar-refractivity contribution in [3.05, 3.63) is 42.0 Å². The van der Waals surface area contributed by atoms with Gasteiger partial charge in [0.1, 0.15) is 11.0 Å². The molecule has 114 valence electrons. The number of carbonyl (C=O) groups is 1. The maximum Gasteiger partial charge on any atom is 0.257 e. The van der Waals surface area contributed by atoms with Gasteiger partial charge in [-0.2, -0.15) is 8.75 Å². The molecule has 23 heavy (non-hydrogen) atoms. The summed E-state index contributed by atoms with van der Waals surface area (Å²) in [7, 11) is 0. The highest BCUT2D eigenvalue weighted by Gasteiger charge is 2.11. The van der Waals surface area contributed by atoms with E-state index in [0.717, 1.165) is 33.0 Å². The number of hydrogen-bond donors (Lipinski definition) is 1. The molecule has 2 heterocycles. The van der Waals surface area contributed by atoms with Crippen LogP contribution in [0.5, 0.6) is 0 Å². The van der Waals surface area contributed by atoms with Gasteiger partial charge in [0.15, 0.2) is 5.13 Å². The molecule has 0 radical (unpaired) electrons. The van der Waals surface area contributed by atoms with Gasteiger partial charge in [0, 0.05) is 10.5 Å². The lowest BCUT2D eigenvalue weighted by Gasteiger charge is -2.00. The van der Waals surface area contributed by atoms with Gasteiger partial charge in [-0.3, -0.25) is 10.1 Å². The number of nitrogens with zero attached hydrogens (tertiary/aromatic N) is 3. The molecule has 0 bridgehead atoms. The number of hydrogen-bond acceptors (Lipinski definition) is 7.